The Morgan fingerprint density at radius 2 is 1.84 bits per heavy atom. The van der Waals surface area contributed by atoms with Crippen LogP contribution in [0.3, 0.4) is 0 Å². The van der Waals surface area contributed by atoms with E-state index in [4.69, 9.17) is 14.0 Å². The molecule has 0 fully saturated rings. The van der Waals surface area contributed by atoms with Crippen LogP contribution >= 0.6 is 0 Å². The van der Waals surface area contributed by atoms with Crippen LogP contribution in [0.4, 0.5) is 0 Å². The van der Waals surface area contributed by atoms with Crippen LogP contribution in [0.25, 0.3) is 11.4 Å². The van der Waals surface area contributed by atoms with Gasteiger partial charge < -0.3 is 19.1 Å². The van der Waals surface area contributed by atoms with Gasteiger partial charge in [0.05, 0.1) is 32.8 Å². The quantitative estimate of drug-likeness (QED) is 0.679. The molecular weight excluding hydrogens is 320 g/mol. The lowest BCUT2D eigenvalue weighted by Gasteiger charge is -2.09. The maximum atomic E-state index is 10.1. The highest BCUT2D eigenvalue weighted by molar-refractivity contribution is 5.55. The molecular formula is C19H20N2O4. The first-order valence-electron chi connectivity index (χ1n) is 8.01. The molecule has 6 nitrogen and oxygen atoms in total. The predicted octanol–water partition coefficient (Wildman–Crippen LogP) is 2.87. The number of aliphatic hydroxyl groups excluding tert-OH is 1. The number of hydrogen-bond acceptors (Lipinski definition) is 6. The standard InChI is InChI=1S/C19H20N2O4/c1-23-17-9-7-15(8-10-17)19-20-18(25-21-19)11-16(22)13-24-12-14-5-3-2-4-6-14/h2-10,16,22H,11-13H2,1H3. The number of nitrogens with zero attached hydrogens (tertiary/aromatic N) is 2. The number of hydrogen-bond donors (Lipinski definition) is 1. The molecule has 1 aromatic heterocycles. The summed E-state index contributed by atoms with van der Waals surface area (Å²) in [5.41, 5.74) is 1.89. The van der Waals surface area contributed by atoms with E-state index in [0.29, 0.717) is 18.3 Å². The molecule has 1 heterocycles. The first-order chi connectivity index (χ1) is 12.2. The Morgan fingerprint density at radius 1 is 1.08 bits per heavy atom. The average Bonchev–Trinajstić information content (AvgIpc) is 3.11. The number of rotatable bonds is 8. The summed E-state index contributed by atoms with van der Waals surface area (Å²) in [7, 11) is 1.61. The molecule has 0 aliphatic heterocycles. The highest BCUT2D eigenvalue weighted by atomic mass is 16.5. The van der Waals surface area contributed by atoms with Crippen molar-refractivity contribution in [3.8, 4) is 17.1 Å². The molecule has 0 radical (unpaired) electrons. The van der Waals surface area contributed by atoms with Gasteiger partial charge in [-0.3, -0.25) is 0 Å². The van der Waals surface area contributed by atoms with E-state index < -0.39 is 6.10 Å². The van der Waals surface area contributed by atoms with Crippen LogP contribution < -0.4 is 4.74 Å². The third-order valence-electron chi connectivity index (χ3n) is 3.65. The van der Waals surface area contributed by atoms with E-state index in [1.54, 1.807) is 7.11 Å². The molecule has 0 aliphatic rings. The van der Waals surface area contributed by atoms with Gasteiger partial charge in [0.2, 0.25) is 11.7 Å². The normalized spacial score (nSPS) is 12.1. The van der Waals surface area contributed by atoms with Gasteiger partial charge in [0.1, 0.15) is 5.75 Å². The van der Waals surface area contributed by atoms with Crippen LogP contribution in [0.5, 0.6) is 5.75 Å². The molecule has 3 aromatic rings. The molecule has 0 saturated heterocycles. The summed E-state index contributed by atoms with van der Waals surface area (Å²) in [6, 6.07) is 17.2. The van der Waals surface area contributed by atoms with Gasteiger partial charge in [0.25, 0.3) is 0 Å². The number of aliphatic hydroxyl groups is 1. The van der Waals surface area contributed by atoms with E-state index in [0.717, 1.165) is 16.9 Å². The average molecular weight is 340 g/mol. The lowest BCUT2D eigenvalue weighted by molar-refractivity contribution is 0.0253. The summed E-state index contributed by atoms with van der Waals surface area (Å²) in [6.45, 7) is 0.661. The highest BCUT2D eigenvalue weighted by Crippen LogP contribution is 2.20. The minimum atomic E-state index is -0.701. The SMILES string of the molecule is COc1ccc(-c2noc(CC(O)COCc3ccccc3)n2)cc1. The first-order valence-corrected chi connectivity index (χ1v) is 8.01. The maximum Gasteiger partial charge on any atom is 0.229 e. The fourth-order valence-corrected chi connectivity index (χ4v) is 2.34. The Bertz CT molecular complexity index is 772. The summed E-state index contributed by atoms with van der Waals surface area (Å²) >= 11 is 0. The van der Waals surface area contributed by atoms with Crippen LogP contribution in [0.15, 0.2) is 59.1 Å². The molecule has 0 aliphatic carbocycles. The Labute approximate surface area is 146 Å². The molecule has 0 saturated carbocycles. The largest absolute Gasteiger partial charge is 0.497 e. The third kappa shape index (κ3) is 4.89. The Balaban J connectivity index is 1.50. The Morgan fingerprint density at radius 3 is 2.56 bits per heavy atom. The van der Waals surface area contributed by atoms with E-state index in [1.165, 1.54) is 0 Å². The zero-order valence-corrected chi connectivity index (χ0v) is 14.0. The monoisotopic (exact) mass is 340 g/mol. The molecule has 3 rings (SSSR count). The van der Waals surface area contributed by atoms with Gasteiger partial charge in [-0.25, -0.2) is 0 Å². The summed E-state index contributed by atoms with van der Waals surface area (Å²) in [6.07, 6.45) is -0.453. The molecule has 0 amide bonds. The van der Waals surface area contributed by atoms with Crippen molar-refractivity contribution in [2.45, 2.75) is 19.1 Å². The fourth-order valence-electron chi connectivity index (χ4n) is 2.34. The van der Waals surface area contributed by atoms with Crippen molar-refractivity contribution >= 4 is 0 Å². The molecule has 1 N–H and O–H groups in total. The minimum absolute atomic E-state index is 0.204. The second kappa shape index (κ2) is 8.41. The van der Waals surface area contributed by atoms with Crippen LogP contribution in [-0.2, 0) is 17.8 Å². The summed E-state index contributed by atoms with van der Waals surface area (Å²) < 4.78 is 15.8. The molecule has 130 valence electrons. The highest BCUT2D eigenvalue weighted by Gasteiger charge is 2.13. The number of aromatic nitrogens is 2. The van der Waals surface area contributed by atoms with Crippen molar-refractivity contribution in [1.29, 1.82) is 0 Å². The van der Waals surface area contributed by atoms with E-state index in [-0.39, 0.29) is 13.0 Å². The van der Waals surface area contributed by atoms with Crippen molar-refractivity contribution in [2.75, 3.05) is 13.7 Å². The van der Waals surface area contributed by atoms with Crippen LogP contribution in [-0.4, -0.2) is 35.1 Å². The van der Waals surface area contributed by atoms with Crippen LogP contribution in [0.1, 0.15) is 11.5 Å². The maximum absolute atomic E-state index is 10.1. The zero-order chi connectivity index (χ0) is 17.5. The number of ether oxygens (including phenoxy) is 2. The van der Waals surface area contributed by atoms with Crippen molar-refractivity contribution in [3.63, 3.8) is 0 Å². The fraction of sp³-hybridized carbons (Fsp3) is 0.263. The predicted molar refractivity (Wildman–Crippen MR) is 92.1 cm³/mol. The van der Waals surface area contributed by atoms with Crippen LogP contribution in [0.2, 0.25) is 0 Å². The van der Waals surface area contributed by atoms with Gasteiger partial charge in [-0.15, -0.1) is 0 Å². The van der Waals surface area contributed by atoms with Gasteiger partial charge in [-0.2, -0.15) is 4.98 Å². The topological polar surface area (TPSA) is 77.6 Å². The summed E-state index contributed by atoms with van der Waals surface area (Å²) in [5, 5.41) is 14.0. The third-order valence-corrected chi connectivity index (χ3v) is 3.65. The molecule has 0 bridgehead atoms. The molecule has 1 atom stereocenters. The van der Waals surface area contributed by atoms with E-state index in [1.807, 2.05) is 54.6 Å². The van der Waals surface area contributed by atoms with Crippen LogP contribution in [0, 0.1) is 0 Å². The number of benzene rings is 2. The first kappa shape index (κ1) is 17.1. The lowest BCUT2D eigenvalue weighted by atomic mass is 10.2. The van der Waals surface area contributed by atoms with Gasteiger partial charge in [0.15, 0.2) is 0 Å². The van der Waals surface area contributed by atoms with Crippen molar-refractivity contribution < 1.29 is 19.1 Å². The zero-order valence-electron chi connectivity index (χ0n) is 14.0. The molecule has 2 aromatic carbocycles. The molecule has 25 heavy (non-hydrogen) atoms. The second-order valence-corrected chi connectivity index (χ2v) is 5.60. The molecule has 0 spiro atoms. The van der Waals surface area contributed by atoms with E-state index in [9.17, 15) is 5.11 Å². The molecule has 1 unspecified atom stereocenters. The Hall–Kier alpha value is -2.70. The van der Waals surface area contributed by atoms with E-state index >= 15 is 0 Å². The van der Waals surface area contributed by atoms with Crippen molar-refractivity contribution in [3.05, 3.63) is 66.1 Å². The summed E-state index contributed by atoms with van der Waals surface area (Å²) in [4.78, 5) is 4.31. The number of methoxy groups -OCH3 is 1. The van der Waals surface area contributed by atoms with Gasteiger partial charge in [-0.1, -0.05) is 35.5 Å². The van der Waals surface area contributed by atoms with E-state index in [2.05, 4.69) is 10.1 Å². The second-order valence-electron chi connectivity index (χ2n) is 5.60. The van der Waals surface area contributed by atoms with Gasteiger partial charge in [0, 0.05) is 5.56 Å². The van der Waals surface area contributed by atoms with Gasteiger partial charge in [-0.05, 0) is 29.8 Å². The lowest BCUT2D eigenvalue weighted by Crippen LogP contribution is -2.18. The molecule has 6 heteroatoms. The van der Waals surface area contributed by atoms with Crippen molar-refractivity contribution in [2.24, 2.45) is 0 Å². The summed E-state index contributed by atoms with van der Waals surface area (Å²) in [5.74, 6) is 1.62. The van der Waals surface area contributed by atoms with Gasteiger partial charge >= 0.3 is 0 Å². The van der Waals surface area contributed by atoms with Crippen molar-refractivity contribution in [1.82, 2.24) is 10.1 Å². The Kier molecular flexibility index (Phi) is 5.77. The smallest absolute Gasteiger partial charge is 0.229 e. The minimum Gasteiger partial charge on any atom is -0.497 e.